The Labute approximate surface area is 161 Å². The fourth-order valence-corrected chi connectivity index (χ4v) is 4.10. The smallest absolute Gasteiger partial charge is 0.229 e. The Kier molecular flexibility index (Phi) is 5.06. The maximum atomic E-state index is 12.8. The Morgan fingerprint density at radius 3 is 2.78 bits per heavy atom. The van der Waals surface area contributed by atoms with Crippen molar-refractivity contribution in [3.63, 3.8) is 0 Å². The number of rotatable bonds is 5. The molecule has 1 saturated heterocycles. The van der Waals surface area contributed by atoms with Crippen LogP contribution in [0.4, 0.5) is 10.8 Å². The van der Waals surface area contributed by atoms with Gasteiger partial charge in [0, 0.05) is 25.5 Å². The Hall–Kier alpha value is -2.87. The van der Waals surface area contributed by atoms with Crippen LogP contribution in [0, 0.1) is 5.92 Å². The Morgan fingerprint density at radius 1 is 1.19 bits per heavy atom. The Balaban J connectivity index is 1.44. The molecule has 1 amide bonds. The van der Waals surface area contributed by atoms with Gasteiger partial charge >= 0.3 is 0 Å². The molecule has 1 aliphatic rings. The highest BCUT2D eigenvalue weighted by molar-refractivity contribution is 7.17. The minimum Gasteiger partial charge on any atom is -0.495 e. The number of aromatic nitrogens is 3. The maximum Gasteiger partial charge on any atom is 0.229 e. The van der Waals surface area contributed by atoms with Gasteiger partial charge in [0.2, 0.25) is 16.2 Å². The summed E-state index contributed by atoms with van der Waals surface area (Å²) in [7, 11) is 1.60. The van der Waals surface area contributed by atoms with Gasteiger partial charge in [-0.1, -0.05) is 23.5 Å². The molecule has 3 aromatic rings. The van der Waals surface area contributed by atoms with Gasteiger partial charge in [-0.2, -0.15) is 0 Å². The molecule has 1 aliphatic heterocycles. The van der Waals surface area contributed by atoms with Crippen LogP contribution in [0.5, 0.6) is 5.75 Å². The number of nitrogens with zero attached hydrogens (tertiary/aromatic N) is 4. The number of benzene rings is 1. The van der Waals surface area contributed by atoms with Crippen molar-refractivity contribution in [1.29, 1.82) is 0 Å². The van der Waals surface area contributed by atoms with E-state index in [1.165, 1.54) is 11.3 Å². The summed E-state index contributed by atoms with van der Waals surface area (Å²) in [5.41, 5.74) is 0.702. The Bertz CT molecular complexity index is 908. The first-order valence-electron chi connectivity index (χ1n) is 8.90. The van der Waals surface area contributed by atoms with E-state index in [1.54, 1.807) is 7.11 Å². The monoisotopic (exact) mass is 383 g/mol. The van der Waals surface area contributed by atoms with E-state index >= 15 is 0 Å². The number of hydrogen-bond donors (Lipinski definition) is 1. The molecule has 2 aromatic heterocycles. The summed E-state index contributed by atoms with van der Waals surface area (Å²) in [6.45, 7) is 1.53. The molecule has 0 spiro atoms. The highest BCUT2D eigenvalue weighted by atomic mass is 32.1. The van der Waals surface area contributed by atoms with Crippen LogP contribution in [0.25, 0.3) is 5.13 Å². The maximum absolute atomic E-state index is 12.8. The average Bonchev–Trinajstić information content (AvgIpc) is 3.40. The quantitative estimate of drug-likeness (QED) is 0.733. The first-order valence-corrected chi connectivity index (χ1v) is 9.72. The fourth-order valence-electron chi connectivity index (χ4n) is 3.25. The zero-order valence-electron chi connectivity index (χ0n) is 15.0. The van der Waals surface area contributed by atoms with Crippen LogP contribution in [-0.4, -0.2) is 40.9 Å². The van der Waals surface area contributed by atoms with Crippen molar-refractivity contribution in [3.8, 4) is 10.9 Å². The van der Waals surface area contributed by atoms with Crippen molar-refractivity contribution in [2.24, 2.45) is 5.92 Å². The van der Waals surface area contributed by atoms with Crippen LogP contribution < -0.4 is 15.0 Å². The summed E-state index contributed by atoms with van der Waals surface area (Å²) in [6, 6.07) is 11.4. The van der Waals surface area contributed by atoms with Crippen LogP contribution in [-0.2, 0) is 4.79 Å². The van der Waals surface area contributed by atoms with Crippen molar-refractivity contribution in [2.75, 3.05) is 30.4 Å². The molecule has 0 radical (unpaired) electrons. The molecular formula is C19H21N5O2S. The first kappa shape index (κ1) is 17.5. The second-order valence-electron chi connectivity index (χ2n) is 6.43. The lowest BCUT2D eigenvalue weighted by Gasteiger charge is -2.31. The zero-order valence-corrected chi connectivity index (χ0v) is 15.9. The average molecular weight is 383 g/mol. The third-order valence-electron chi connectivity index (χ3n) is 4.66. The molecule has 27 heavy (non-hydrogen) atoms. The predicted molar refractivity (Wildman–Crippen MR) is 106 cm³/mol. The molecule has 8 heteroatoms. The molecule has 4 rings (SSSR count). The van der Waals surface area contributed by atoms with Crippen LogP contribution in [0.3, 0.4) is 0 Å². The zero-order chi connectivity index (χ0) is 18.6. The normalized spacial score (nSPS) is 16.9. The summed E-state index contributed by atoms with van der Waals surface area (Å²) < 4.78 is 7.26. The standard InChI is InChI=1S/C19H21N5O2S/c1-26-16-9-3-2-8-15(16)20-17(25)14-7-6-12-24(13-14)19-22-21-18(27-19)23-10-4-5-11-23/h2-5,8-11,14H,6-7,12-13H2,1H3,(H,20,25). The van der Waals surface area contributed by atoms with Gasteiger partial charge in [-0.3, -0.25) is 9.36 Å². The van der Waals surface area contributed by atoms with Crippen LogP contribution in [0.1, 0.15) is 12.8 Å². The largest absolute Gasteiger partial charge is 0.495 e. The number of amides is 1. The predicted octanol–water partition coefficient (Wildman–Crippen LogP) is 3.19. The molecule has 3 heterocycles. The molecule has 1 aromatic carbocycles. The molecule has 1 unspecified atom stereocenters. The van der Waals surface area contributed by atoms with E-state index in [9.17, 15) is 4.79 Å². The van der Waals surface area contributed by atoms with Crippen molar-refractivity contribution in [3.05, 3.63) is 48.8 Å². The molecule has 140 valence electrons. The number of hydrogen-bond acceptors (Lipinski definition) is 6. The molecule has 0 aliphatic carbocycles. The van der Waals surface area contributed by atoms with Gasteiger partial charge in [0.25, 0.3) is 0 Å². The number of ether oxygens (including phenoxy) is 1. The summed E-state index contributed by atoms with van der Waals surface area (Å²) >= 11 is 1.54. The van der Waals surface area contributed by atoms with Gasteiger partial charge in [0.1, 0.15) is 5.75 Å². The third-order valence-corrected chi connectivity index (χ3v) is 5.65. The van der Waals surface area contributed by atoms with Crippen LogP contribution in [0.15, 0.2) is 48.8 Å². The number of nitrogens with one attached hydrogen (secondary N) is 1. The molecular weight excluding hydrogens is 362 g/mol. The number of piperidine rings is 1. The van der Waals surface area contributed by atoms with E-state index in [2.05, 4.69) is 20.4 Å². The van der Waals surface area contributed by atoms with E-state index in [0.29, 0.717) is 18.0 Å². The van der Waals surface area contributed by atoms with Gasteiger partial charge in [-0.15, -0.1) is 10.2 Å². The molecule has 0 saturated carbocycles. The summed E-state index contributed by atoms with van der Waals surface area (Å²) in [4.78, 5) is 14.9. The fraction of sp³-hybridized carbons (Fsp3) is 0.316. The molecule has 1 atom stereocenters. The van der Waals surface area contributed by atoms with E-state index < -0.39 is 0 Å². The van der Waals surface area contributed by atoms with E-state index in [-0.39, 0.29) is 11.8 Å². The number of anilines is 2. The third kappa shape index (κ3) is 3.80. The minimum absolute atomic E-state index is 0.0133. The minimum atomic E-state index is -0.0948. The van der Waals surface area contributed by atoms with Crippen LogP contribution in [0.2, 0.25) is 0 Å². The van der Waals surface area contributed by atoms with Crippen molar-refractivity contribution >= 4 is 28.1 Å². The number of carbonyl (C=O) groups excluding carboxylic acids is 1. The number of methoxy groups -OCH3 is 1. The van der Waals surface area contributed by atoms with Gasteiger partial charge in [-0.25, -0.2) is 0 Å². The topological polar surface area (TPSA) is 72.3 Å². The lowest BCUT2D eigenvalue weighted by Crippen LogP contribution is -2.40. The van der Waals surface area contributed by atoms with Gasteiger partial charge in [0.15, 0.2) is 0 Å². The second-order valence-corrected chi connectivity index (χ2v) is 7.37. The van der Waals surface area contributed by atoms with E-state index in [0.717, 1.165) is 29.6 Å². The van der Waals surface area contributed by atoms with E-state index in [4.69, 9.17) is 4.74 Å². The lowest BCUT2D eigenvalue weighted by molar-refractivity contribution is -0.120. The summed E-state index contributed by atoms with van der Waals surface area (Å²) in [5, 5.41) is 13.3. The van der Waals surface area contributed by atoms with Crippen molar-refractivity contribution in [2.45, 2.75) is 12.8 Å². The number of para-hydroxylation sites is 2. The van der Waals surface area contributed by atoms with Gasteiger partial charge < -0.3 is 15.0 Å². The summed E-state index contributed by atoms with van der Waals surface area (Å²) in [6.07, 6.45) is 5.71. The highest BCUT2D eigenvalue weighted by Crippen LogP contribution is 2.29. The van der Waals surface area contributed by atoms with Crippen molar-refractivity contribution < 1.29 is 9.53 Å². The van der Waals surface area contributed by atoms with E-state index in [1.807, 2.05) is 53.4 Å². The molecule has 1 fully saturated rings. The highest BCUT2D eigenvalue weighted by Gasteiger charge is 2.28. The summed E-state index contributed by atoms with van der Waals surface area (Å²) in [5.74, 6) is 0.584. The van der Waals surface area contributed by atoms with Gasteiger partial charge in [-0.05, 0) is 37.1 Å². The Morgan fingerprint density at radius 2 is 1.96 bits per heavy atom. The lowest BCUT2D eigenvalue weighted by atomic mass is 9.97. The van der Waals surface area contributed by atoms with Crippen molar-refractivity contribution in [1.82, 2.24) is 14.8 Å². The second kappa shape index (κ2) is 7.79. The van der Waals surface area contributed by atoms with Crippen LogP contribution >= 0.6 is 11.3 Å². The molecule has 1 N–H and O–H groups in total. The van der Waals surface area contributed by atoms with Gasteiger partial charge in [0.05, 0.1) is 18.7 Å². The number of carbonyl (C=O) groups is 1. The molecule has 7 nitrogen and oxygen atoms in total. The molecule has 0 bridgehead atoms. The SMILES string of the molecule is COc1ccccc1NC(=O)C1CCCN(c2nnc(-n3cccc3)s2)C1. The first-order chi connectivity index (χ1) is 13.2.